The molecule has 0 aromatic carbocycles. The number of quaternary nitrogens is 1. The number of rotatable bonds is 2. The molecule has 5 heteroatoms. The molecule has 1 aliphatic heterocycles. The predicted molar refractivity (Wildman–Crippen MR) is 66.6 cm³/mol. The first kappa shape index (κ1) is 10.5. The van der Waals surface area contributed by atoms with Crippen LogP contribution in [0.1, 0.15) is 12.8 Å². The molecule has 5 nitrogen and oxygen atoms in total. The van der Waals surface area contributed by atoms with E-state index in [-0.39, 0.29) is 0 Å². The zero-order chi connectivity index (χ0) is 11.7. The standard InChI is InChI=1S/C12H17N5/c13-7-9-2-5-17(6-3-9)12-10-1-4-14-11(10)15-8-16-12/h1,4,8-9H,2-3,5-7,13H2,(H,14,15,16)/p+1. The predicted octanol–water partition coefficient (Wildman–Crippen LogP) is 0.416. The molecule has 0 amide bonds. The van der Waals surface area contributed by atoms with Crippen LogP contribution in [0.25, 0.3) is 11.0 Å². The van der Waals surface area contributed by atoms with E-state index in [2.05, 4.69) is 31.7 Å². The second kappa shape index (κ2) is 4.33. The van der Waals surface area contributed by atoms with Crippen LogP contribution in [-0.2, 0) is 0 Å². The van der Waals surface area contributed by atoms with E-state index in [0.29, 0.717) is 0 Å². The molecular formula is C12H18N5+. The minimum atomic E-state index is 0.787. The summed E-state index contributed by atoms with van der Waals surface area (Å²) in [5.74, 6) is 1.86. The summed E-state index contributed by atoms with van der Waals surface area (Å²) in [6, 6.07) is 2.05. The van der Waals surface area contributed by atoms with Gasteiger partial charge in [-0.25, -0.2) is 9.97 Å². The molecule has 1 aliphatic rings. The molecule has 4 N–H and O–H groups in total. The van der Waals surface area contributed by atoms with Gasteiger partial charge in [-0.15, -0.1) is 0 Å². The number of hydrogen-bond acceptors (Lipinski definition) is 3. The maximum absolute atomic E-state index is 4.43. The van der Waals surface area contributed by atoms with Crippen LogP contribution in [0.4, 0.5) is 5.82 Å². The van der Waals surface area contributed by atoms with E-state index in [0.717, 1.165) is 42.4 Å². The molecule has 17 heavy (non-hydrogen) atoms. The Morgan fingerprint density at radius 3 is 2.94 bits per heavy atom. The fraction of sp³-hybridized carbons (Fsp3) is 0.500. The van der Waals surface area contributed by atoms with Gasteiger partial charge in [-0.3, -0.25) is 0 Å². The second-order valence-corrected chi connectivity index (χ2v) is 4.66. The first-order valence-corrected chi connectivity index (χ1v) is 6.21. The number of aromatic amines is 1. The Hall–Kier alpha value is -1.62. The Morgan fingerprint density at radius 2 is 2.18 bits per heavy atom. The lowest BCUT2D eigenvalue weighted by Crippen LogP contribution is -2.55. The molecule has 2 aromatic rings. The average molecular weight is 232 g/mol. The molecule has 2 aromatic heterocycles. The van der Waals surface area contributed by atoms with Crippen LogP contribution in [0.2, 0.25) is 0 Å². The summed E-state index contributed by atoms with van der Waals surface area (Å²) in [5, 5.41) is 1.13. The lowest BCUT2D eigenvalue weighted by molar-refractivity contribution is -0.379. The topological polar surface area (TPSA) is 72.5 Å². The summed E-state index contributed by atoms with van der Waals surface area (Å²) >= 11 is 0. The van der Waals surface area contributed by atoms with Crippen LogP contribution in [0, 0.1) is 5.92 Å². The van der Waals surface area contributed by atoms with Gasteiger partial charge >= 0.3 is 0 Å². The molecule has 3 heterocycles. The summed E-state index contributed by atoms with van der Waals surface area (Å²) < 4.78 is 0. The van der Waals surface area contributed by atoms with Crippen molar-refractivity contribution in [2.24, 2.45) is 5.92 Å². The lowest BCUT2D eigenvalue weighted by atomic mass is 9.97. The van der Waals surface area contributed by atoms with Crippen molar-refractivity contribution in [3.05, 3.63) is 18.6 Å². The van der Waals surface area contributed by atoms with Gasteiger partial charge in [0.25, 0.3) is 0 Å². The van der Waals surface area contributed by atoms with Gasteiger partial charge in [0.1, 0.15) is 17.8 Å². The summed E-state index contributed by atoms with van der Waals surface area (Å²) in [5.41, 5.74) is 4.92. The first-order chi connectivity index (χ1) is 8.38. The van der Waals surface area contributed by atoms with E-state index in [9.17, 15) is 0 Å². The van der Waals surface area contributed by atoms with Crippen molar-refractivity contribution in [2.75, 3.05) is 24.5 Å². The number of nitrogens with zero attached hydrogens (tertiary/aromatic N) is 3. The largest absolute Gasteiger partial charge is 0.357 e. The Balaban J connectivity index is 1.87. The van der Waals surface area contributed by atoms with Gasteiger partial charge in [0.05, 0.1) is 11.9 Å². The number of hydrogen-bond donors (Lipinski definition) is 2. The van der Waals surface area contributed by atoms with Crippen LogP contribution >= 0.6 is 0 Å². The third-order valence-electron chi connectivity index (χ3n) is 3.66. The highest BCUT2D eigenvalue weighted by atomic mass is 15.2. The second-order valence-electron chi connectivity index (χ2n) is 4.66. The van der Waals surface area contributed by atoms with Crippen LogP contribution in [-0.4, -0.2) is 34.6 Å². The molecule has 0 bridgehead atoms. The third kappa shape index (κ3) is 1.86. The van der Waals surface area contributed by atoms with E-state index in [1.165, 1.54) is 12.8 Å². The molecular weight excluding hydrogens is 214 g/mol. The number of aromatic nitrogens is 3. The Kier molecular flexibility index (Phi) is 2.68. The van der Waals surface area contributed by atoms with Gasteiger partial charge in [-0.1, -0.05) is 0 Å². The molecule has 0 saturated carbocycles. The molecule has 1 saturated heterocycles. The van der Waals surface area contributed by atoms with Crippen molar-refractivity contribution < 1.29 is 5.73 Å². The number of nitrogens with one attached hydrogen (secondary N) is 1. The molecule has 0 atom stereocenters. The highest BCUT2D eigenvalue weighted by Gasteiger charge is 2.21. The number of H-pyrrole nitrogens is 1. The number of fused-ring (bicyclic) bond motifs is 1. The fourth-order valence-electron chi connectivity index (χ4n) is 2.54. The smallest absolute Gasteiger partial charge is 0.142 e. The Morgan fingerprint density at radius 1 is 1.35 bits per heavy atom. The fourth-order valence-corrected chi connectivity index (χ4v) is 2.54. The molecule has 3 rings (SSSR count). The van der Waals surface area contributed by atoms with Crippen LogP contribution in [0.5, 0.6) is 0 Å². The van der Waals surface area contributed by atoms with E-state index in [1.807, 2.05) is 6.20 Å². The maximum Gasteiger partial charge on any atom is 0.142 e. The van der Waals surface area contributed by atoms with Gasteiger partial charge in [0, 0.05) is 25.2 Å². The third-order valence-corrected chi connectivity index (χ3v) is 3.66. The van der Waals surface area contributed by atoms with Crippen molar-refractivity contribution in [2.45, 2.75) is 12.8 Å². The van der Waals surface area contributed by atoms with Gasteiger partial charge in [-0.2, -0.15) is 0 Å². The van der Waals surface area contributed by atoms with Crippen molar-refractivity contribution in [3.63, 3.8) is 0 Å². The maximum atomic E-state index is 4.43. The monoisotopic (exact) mass is 232 g/mol. The molecule has 0 aliphatic carbocycles. The summed E-state index contributed by atoms with van der Waals surface area (Å²) in [7, 11) is 0. The number of piperidine rings is 1. The van der Waals surface area contributed by atoms with Crippen LogP contribution in [0.3, 0.4) is 0 Å². The van der Waals surface area contributed by atoms with Crippen molar-refractivity contribution >= 4 is 16.9 Å². The van der Waals surface area contributed by atoms with Gasteiger partial charge in [-0.05, 0) is 18.9 Å². The highest BCUT2D eigenvalue weighted by molar-refractivity contribution is 5.87. The highest BCUT2D eigenvalue weighted by Crippen LogP contribution is 2.26. The van der Waals surface area contributed by atoms with E-state index >= 15 is 0 Å². The van der Waals surface area contributed by atoms with Gasteiger partial charge < -0.3 is 15.6 Å². The normalized spacial score (nSPS) is 17.8. The minimum absolute atomic E-state index is 0.787. The zero-order valence-electron chi connectivity index (χ0n) is 9.89. The molecule has 0 spiro atoms. The van der Waals surface area contributed by atoms with Crippen molar-refractivity contribution in [1.82, 2.24) is 15.0 Å². The SMILES string of the molecule is [NH3+]CC1CCN(c2ncnc3[nH]ccc23)CC1. The van der Waals surface area contributed by atoms with Gasteiger partial charge in [0.2, 0.25) is 0 Å². The molecule has 1 fully saturated rings. The Bertz CT molecular complexity index is 498. The minimum Gasteiger partial charge on any atom is -0.357 e. The van der Waals surface area contributed by atoms with E-state index in [1.54, 1.807) is 6.33 Å². The van der Waals surface area contributed by atoms with Crippen molar-refractivity contribution in [3.8, 4) is 0 Å². The lowest BCUT2D eigenvalue weighted by Gasteiger charge is -2.31. The van der Waals surface area contributed by atoms with Crippen molar-refractivity contribution in [1.29, 1.82) is 0 Å². The van der Waals surface area contributed by atoms with E-state index in [4.69, 9.17) is 0 Å². The van der Waals surface area contributed by atoms with Crippen LogP contribution in [0.15, 0.2) is 18.6 Å². The quantitative estimate of drug-likeness (QED) is 0.788. The summed E-state index contributed by atoms with van der Waals surface area (Å²) in [6.07, 6.45) is 6.01. The summed E-state index contributed by atoms with van der Waals surface area (Å²) in [6.45, 7) is 3.21. The first-order valence-electron chi connectivity index (χ1n) is 6.21. The molecule has 0 unspecified atom stereocenters. The zero-order valence-corrected chi connectivity index (χ0v) is 9.89. The molecule has 90 valence electrons. The molecule has 0 radical (unpaired) electrons. The average Bonchev–Trinajstić information content (AvgIpc) is 2.87. The Labute approximate surface area is 100 Å². The number of anilines is 1. The summed E-state index contributed by atoms with van der Waals surface area (Å²) in [4.78, 5) is 14.2. The van der Waals surface area contributed by atoms with Gasteiger partial charge in [0.15, 0.2) is 0 Å². The van der Waals surface area contributed by atoms with Crippen LogP contribution < -0.4 is 10.6 Å². The van der Waals surface area contributed by atoms with E-state index < -0.39 is 0 Å².